The van der Waals surface area contributed by atoms with Gasteiger partial charge in [-0.15, -0.1) is 35.6 Å². The lowest BCUT2D eigenvalue weighted by atomic mass is 11.9. The molecule has 0 unspecified atom stereocenters. The van der Waals surface area contributed by atoms with Gasteiger partial charge < -0.3 is 0 Å². The maximum Gasteiger partial charge on any atom is 0.0967 e. The van der Waals surface area contributed by atoms with E-state index in [0.29, 0.717) is 0 Å². The predicted octanol–water partition coefficient (Wildman–Crippen LogP) is 1.84. The molecule has 0 aromatic rings. The van der Waals surface area contributed by atoms with Gasteiger partial charge in [-0.05, 0) is 0 Å². The standard InChI is InChI=1S/CH2Cl2.ClH/c2-1-3;/h1H2;1H. The molecule has 0 fully saturated rings. The van der Waals surface area contributed by atoms with Gasteiger partial charge >= 0.3 is 0 Å². The van der Waals surface area contributed by atoms with Crippen LogP contribution in [0.3, 0.4) is 0 Å². The zero-order chi connectivity index (χ0) is 2.71. The van der Waals surface area contributed by atoms with Crippen LogP contribution in [-0.2, 0) is 0 Å². The van der Waals surface area contributed by atoms with Crippen molar-refractivity contribution in [3.8, 4) is 0 Å². The molecule has 0 saturated heterocycles. The van der Waals surface area contributed by atoms with Crippen molar-refractivity contribution >= 4 is 35.6 Å². The maximum absolute atomic E-state index is 4.76. The molecule has 3 heteroatoms. The van der Waals surface area contributed by atoms with E-state index in [1.165, 1.54) is 0 Å². The highest BCUT2D eigenvalue weighted by atomic mass is 35.5. The second-order valence-corrected chi connectivity index (χ2v) is 0.909. The Hall–Kier alpha value is 0.870. The lowest BCUT2D eigenvalue weighted by Gasteiger charge is -1.42. The van der Waals surface area contributed by atoms with Gasteiger partial charge in [-0.25, -0.2) is 0 Å². The van der Waals surface area contributed by atoms with Crippen LogP contribution in [0.15, 0.2) is 0 Å². The molecule has 0 aromatic carbocycles. The molecule has 0 aliphatic rings. The predicted molar refractivity (Wildman–Crippen MR) is 23.8 cm³/mol. The molecular weight excluding hydrogens is 118 g/mol. The van der Waals surface area contributed by atoms with Gasteiger partial charge in [0, 0.05) is 0 Å². The number of halogens is 3. The molecule has 0 spiro atoms. The van der Waals surface area contributed by atoms with Gasteiger partial charge in [0.1, 0.15) is 0 Å². The third-order valence-corrected chi connectivity index (χ3v) is 0. The SMILES string of the molecule is Cl.ClCCl. The highest BCUT2D eigenvalue weighted by Crippen LogP contribution is 1.73. The lowest BCUT2D eigenvalue weighted by Crippen LogP contribution is -1.24. The first-order valence-corrected chi connectivity index (χ1v) is 1.60. The summed E-state index contributed by atoms with van der Waals surface area (Å²) in [6.45, 7) is 0. The number of hydrogen-bond acceptors (Lipinski definition) is 0. The van der Waals surface area contributed by atoms with Crippen LogP contribution in [-0.4, -0.2) is 5.34 Å². The molecule has 0 aliphatic carbocycles. The maximum atomic E-state index is 4.76. The van der Waals surface area contributed by atoms with E-state index in [1.54, 1.807) is 0 Å². The van der Waals surface area contributed by atoms with E-state index in [9.17, 15) is 0 Å². The van der Waals surface area contributed by atoms with Crippen molar-refractivity contribution in [3.63, 3.8) is 0 Å². The summed E-state index contributed by atoms with van der Waals surface area (Å²) in [7, 11) is 0. The normalized spacial score (nSPS) is 4.50. The Morgan fingerprint density at radius 2 is 1.25 bits per heavy atom. The summed E-state index contributed by atoms with van der Waals surface area (Å²) >= 11 is 9.53. The summed E-state index contributed by atoms with van der Waals surface area (Å²) < 4.78 is 0. The average Bonchev–Trinajstić information content (AvgIpc) is 0.918. The molecule has 0 N–H and O–H groups in total. The van der Waals surface area contributed by atoms with Crippen LogP contribution in [0.4, 0.5) is 0 Å². The van der Waals surface area contributed by atoms with E-state index in [1.807, 2.05) is 0 Å². The smallest absolute Gasteiger partial charge is 0.0967 e. The van der Waals surface area contributed by atoms with E-state index in [2.05, 4.69) is 0 Å². The summed E-state index contributed by atoms with van der Waals surface area (Å²) in [4.78, 5) is 0. The Morgan fingerprint density at radius 1 is 1.25 bits per heavy atom. The number of hydrogen-bond donors (Lipinski definition) is 0. The van der Waals surface area contributed by atoms with Crippen molar-refractivity contribution in [2.45, 2.75) is 0 Å². The summed E-state index contributed by atoms with van der Waals surface area (Å²) in [5, 5.41) is 0.194. The first-order chi connectivity index (χ1) is 1.41. The molecule has 0 bridgehead atoms. The molecular formula is CH3Cl3. The van der Waals surface area contributed by atoms with Crippen molar-refractivity contribution in [3.05, 3.63) is 0 Å². The third kappa shape index (κ3) is 13.3. The molecule has 0 aromatic heterocycles. The Balaban J connectivity index is 0. The fraction of sp³-hybridized carbons (Fsp3) is 1.00. The molecule has 0 atom stereocenters. The van der Waals surface area contributed by atoms with Crippen molar-refractivity contribution < 1.29 is 0 Å². The first kappa shape index (κ1) is 8.85. The van der Waals surface area contributed by atoms with Gasteiger partial charge in [-0.2, -0.15) is 0 Å². The molecule has 0 radical (unpaired) electrons. The van der Waals surface area contributed by atoms with E-state index in [-0.39, 0.29) is 17.7 Å². The van der Waals surface area contributed by atoms with Gasteiger partial charge in [0.2, 0.25) is 0 Å². The zero-order valence-electron chi connectivity index (χ0n) is 1.87. The van der Waals surface area contributed by atoms with E-state index < -0.39 is 0 Å². The monoisotopic (exact) mass is 120 g/mol. The van der Waals surface area contributed by atoms with E-state index in [0.717, 1.165) is 0 Å². The van der Waals surface area contributed by atoms with Crippen molar-refractivity contribution in [2.24, 2.45) is 0 Å². The molecule has 0 rings (SSSR count). The Morgan fingerprint density at radius 3 is 1.25 bits per heavy atom. The lowest BCUT2D eigenvalue weighted by molar-refractivity contribution is 2.20. The molecule has 0 heterocycles. The van der Waals surface area contributed by atoms with Crippen LogP contribution in [0.25, 0.3) is 0 Å². The quantitative estimate of drug-likeness (QED) is 0.429. The van der Waals surface area contributed by atoms with Gasteiger partial charge in [-0.3, -0.25) is 0 Å². The van der Waals surface area contributed by atoms with E-state index >= 15 is 0 Å². The topological polar surface area (TPSA) is 0 Å². The molecule has 0 nitrogen and oxygen atoms in total. The average molecular weight is 121 g/mol. The molecule has 0 saturated carbocycles. The van der Waals surface area contributed by atoms with Crippen LogP contribution in [0.1, 0.15) is 0 Å². The molecule has 0 aliphatic heterocycles. The fourth-order valence-corrected chi connectivity index (χ4v) is 0. The van der Waals surface area contributed by atoms with Gasteiger partial charge in [0.25, 0.3) is 0 Å². The third-order valence-electron chi connectivity index (χ3n) is 0. The second kappa shape index (κ2) is 9.12. The highest BCUT2D eigenvalue weighted by molar-refractivity contribution is 6.40. The van der Waals surface area contributed by atoms with Crippen molar-refractivity contribution in [1.29, 1.82) is 0 Å². The van der Waals surface area contributed by atoms with Gasteiger partial charge in [-0.1, -0.05) is 0 Å². The van der Waals surface area contributed by atoms with Crippen LogP contribution in [0.5, 0.6) is 0 Å². The molecule has 4 heavy (non-hydrogen) atoms. The minimum absolute atomic E-state index is 0. The minimum atomic E-state index is 0. The Bertz CT molecular complexity index is 3.25. The largest absolute Gasteiger partial charge is 0.147 e. The van der Waals surface area contributed by atoms with Crippen molar-refractivity contribution in [1.82, 2.24) is 0 Å². The van der Waals surface area contributed by atoms with Crippen LogP contribution < -0.4 is 0 Å². The van der Waals surface area contributed by atoms with Gasteiger partial charge in [0.05, 0.1) is 5.34 Å². The first-order valence-electron chi connectivity index (χ1n) is 0.535. The number of rotatable bonds is 0. The summed E-state index contributed by atoms with van der Waals surface area (Å²) in [6.07, 6.45) is 0. The summed E-state index contributed by atoms with van der Waals surface area (Å²) in [5.41, 5.74) is 0. The Kier molecular flexibility index (Phi) is 20.2. The highest BCUT2D eigenvalue weighted by Gasteiger charge is 1.41. The fourth-order valence-electron chi connectivity index (χ4n) is 0. The minimum Gasteiger partial charge on any atom is -0.147 e. The Labute approximate surface area is 41.5 Å². The van der Waals surface area contributed by atoms with E-state index in [4.69, 9.17) is 23.2 Å². The van der Waals surface area contributed by atoms with Crippen LogP contribution in [0, 0.1) is 0 Å². The second-order valence-electron chi connectivity index (χ2n) is 0.101. The van der Waals surface area contributed by atoms with Gasteiger partial charge in [0.15, 0.2) is 0 Å². The van der Waals surface area contributed by atoms with Crippen LogP contribution >= 0.6 is 35.6 Å². The summed E-state index contributed by atoms with van der Waals surface area (Å²) in [5.74, 6) is 0. The summed E-state index contributed by atoms with van der Waals surface area (Å²) in [6, 6.07) is 0. The molecule has 28 valence electrons. The number of alkyl halides is 2. The van der Waals surface area contributed by atoms with Crippen molar-refractivity contribution in [2.75, 3.05) is 5.34 Å². The van der Waals surface area contributed by atoms with Crippen LogP contribution in [0.2, 0.25) is 0 Å². The molecule has 0 amide bonds. The zero-order valence-corrected chi connectivity index (χ0v) is 4.20.